The van der Waals surface area contributed by atoms with Gasteiger partial charge in [0.1, 0.15) is 11.9 Å². The van der Waals surface area contributed by atoms with Gasteiger partial charge in [-0.1, -0.05) is 24.3 Å². The topological polar surface area (TPSA) is 59.0 Å². The molecule has 0 bridgehead atoms. The van der Waals surface area contributed by atoms with Crippen molar-refractivity contribution in [3.63, 3.8) is 0 Å². The number of carbonyl (C=O) groups is 1. The molecule has 0 radical (unpaired) electrons. The van der Waals surface area contributed by atoms with Crippen LogP contribution in [0.5, 0.6) is 0 Å². The van der Waals surface area contributed by atoms with Crippen LogP contribution in [-0.4, -0.2) is 42.9 Å². The Morgan fingerprint density at radius 2 is 2.09 bits per heavy atom. The molecule has 1 saturated heterocycles. The zero-order valence-electron chi connectivity index (χ0n) is 12.7. The maximum absolute atomic E-state index is 12.2. The van der Waals surface area contributed by atoms with E-state index in [2.05, 4.69) is 0 Å². The van der Waals surface area contributed by atoms with Gasteiger partial charge >= 0.3 is 6.09 Å². The van der Waals surface area contributed by atoms with Crippen LogP contribution in [0.4, 0.5) is 4.79 Å². The van der Waals surface area contributed by atoms with E-state index in [0.717, 1.165) is 37.2 Å². The van der Waals surface area contributed by atoms with Crippen LogP contribution in [0.15, 0.2) is 30.3 Å². The van der Waals surface area contributed by atoms with Gasteiger partial charge in [0, 0.05) is 32.4 Å². The molecular formula is C17H21NO4. The van der Waals surface area contributed by atoms with Crippen molar-refractivity contribution in [2.45, 2.75) is 18.9 Å². The molecule has 1 aromatic carbocycles. The van der Waals surface area contributed by atoms with Crippen LogP contribution < -0.4 is 0 Å². The lowest BCUT2D eigenvalue weighted by Gasteiger charge is -2.26. The molecule has 22 heavy (non-hydrogen) atoms. The number of aliphatic hydroxyl groups is 1. The van der Waals surface area contributed by atoms with Crippen molar-refractivity contribution < 1.29 is 19.4 Å². The van der Waals surface area contributed by atoms with Crippen LogP contribution in [-0.2, 0) is 9.47 Å². The molecule has 1 atom stereocenters. The maximum Gasteiger partial charge on any atom is 0.414 e. The van der Waals surface area contributed by atoms with Gasteiger partial charge < -0.3 is 19.5 Å². The molecule has 0 aromatic heterocycles. The Bertz CT molecular complexity index is 578. The summed E-state index contributed by atoms with van der Waals surface area (Å²) in [4.78, 5) is 13.8. The zero-order chi connectivity index (χ0) is 15.5. The number of aliphatic hydroxyl groups excluding tert-OH is 1. The van der Waals surface area contributed by atoms with Crippen molar-refractivity contribution in [3.05, 3.63) is 41.5 Å². The van der Waals surface area contributed by atoms with Gasteiger partial charge in [0.2, 0.25) is 0 Å². The van der Waals surface area contributed by atoms with Crippen molar-refractivity contribution in [1.29, 1.82) is 0 Å². The van der Waals surface area contributed by atoms with E-state index < -0.39 is 6.10 Å². The van der Waals surface area contributed by atoms with E-state index in [0.29, 0.717) is 18.2 Å². The Morgan fingerprint density at radius 3 is 2.86 bits per heavy atom. The van der Waals surface area contributed by atoms with E-state index in [9.17, 15) is 9.90 Å². The summed E-state index contributed by atoms with van der Waals surface area (Å²) in [5, 5.41) is 9.97. The number of carbonyl (C=O) groups excluding carboxylic acids is 1. The Labute approximate surface area is 130 Å². The number of hydrogen-bond acceptors (Lipinski definition) is 4. The predicted octanol–water partition coefficient (Wildman–Crippen LogP) is 2.57. The molecule has 5 heteroatoms. The van der Waals surface area contributed by atoms with Crippen LogP contribution in [0.1, 0.15) is 30.1 Å². The summed E-state index contributed by atoms with van der Waals surface area (Å²) in [7, 11) is 1.75. The molecule has 3 rings (SSSR count). The lowest BCUT2D eigenvalue weighted by molar-refractivity contribution is 0.0552. The maximum atomic E-state index is 12.2. The number of rotatable bonds is 3. The van der Waals surface area contributed by atoms with Crippen LogP contribution in [0.25, 0.3) is 5.76 Å². The zero-order valence-corrected chi connectivity index (χ0v) is 12.7. The minimum atomic E-state index is -0.709. The monoisotopic (exact) mass is 303 g/mol. The molecule has 1 aliphatic carbocycles. The van der Waals surface area contributed by atoms with Gasteiger partial charge in [-0.2, -0.15) is 0 Å². The van der Waals surface area contributed by atoms with Crippen molar-refractivity contribution in [3.8, 4) is 0 Å². The van der Waals surface area contributed by atoms with Gasteiger partial charge in [0.15, 0.2) is 0 Å². The fraction of sp³-hybridized carbons (Fsp3) is 0.471. The van der Waals surface area contributed by atoms with E-state index in [1.807, 2.05) is 24.3 Å². The molecule has 1 aromatic rings. The number of ether oxygens (including phenoxy) is 2. The first kappa shape index (κ1) is 15.1. The Kier molecular flexibility index (Phi) is 4.45. The largest absolute Gasteiger partial charge is 0.414 e. The molecule has 1 fully saturated rings. The Morgan fingerprint density at radius 1 is 1.36 bits per heavy atom. The predicted molar refractivity (Wildman–Crippen MR) is 82.0 cm³/mol. The minimum absolute atomic E-state index is 0.387. The summed E-state index contributed by atoms with van der Waals surface area (Å²) in [6.07, 6.45) is 2.43. The standard InChI is InChI=1S/C17H21NO4/c1-18(11-12-6-8-21-9-7-12)17(20)22-16-10-15(19)13-4-2-3-5-14(13)16/h2-5,10,12,15,19H,6-9,11H2,1H3. The van der Waals surface area contributed by atoms with E-state index >= 15 is 0 Å². The summed E-state index contributed by atoms with van der Waals surface area (Å²) >= 11 is 0. The lowest BCUT2D eigenvalue weighted by atomic mass is 10.0. The molecule has 1 amide bonds. The molecule has 118 valence electrons. The summed E-state index contributed by atoms with van der Waals surface area (Å²) in [6.45, 7) is 2.19. The number of amides is 1. The third-order valence-corrected chi connectivity index (χ3v) is 4.24. The highest BCUT2D eigenvalue weighted by molar-refractivity contribution is 5.80. The summed E-state index contributed by atoms with van der Waals surface area (Å²) < 4.78 is 10.8. The van der Waals surface area contributed by atoms with Crippen LogP contribution in [0, 0.1) is 5.92 Å². The van der Waals surface area contributed by atoms with Gasteiger partial charge in [-0.15, -0.1) is 0 Å². The molecule has 0 saturated carbocycles. The van der Waals surface area contributed by atoms with E-state index in [-0.39, 0.29) is 6.09 Å². The number of hydrogen-bond donors (Lipinski definition) is 1. The number of benzene rings is 1. The van der Waals surface area contributed by atoms with Crippen molar-refractivity contribution in [1.82, 2.24) is 4.90 Å². The van der Waals surface area contributed by atoms with Crippen LogP contribution in [0.3, 0.4) is 0 Å². The Hall–Kier alpha value is -1.85. The average Bonchev–Trinajstić information content (AvgIpc) is 2.85. The first-order chi connectivity index (χ1) is 10.6. The second-order valence-corrected chi connectivity index (χ2v) is 5.87. The van der Waals surface area contributed by atoms with Gasteiger partial charge in [-0.3, -0.25) is 0 Å². The van der Waals surface area contributed by atoms with Gasteiger partial charge in [0.25, 0.3) is 0 Å². The van der Waals surface area contributed by atoms with E-state index in [1.54, 1.807) is 18.0 Å². The second kappa shape index (κ2) is 6.50. The smallest absolute Gasteiger partial charge is 0.410 e. The molecule has 1 aliphatic heterocycles. The van der Waals surface area contributed by atoms with Gasteiger partial charge in [-0.05, 0) is 30.4 Å². The first-order valence-electron chi connectivity index (χ1n) is 7.65. The Balaban J connectivity index is 1.61. The molecule has 1 heterocycles. The summed E-state index contributed by atoms with van der Waals surface area (Å²) in [5.41, 5.74) is 1.56. The minimum Gasteiger partial charge on any atom is -0.410 e. The number of nitrogens with zero attached hydrogens (tertiary/aromatic N) is 1. The quantitative estimate of drug-likeness (QED) is 0.932. The van der Waals surface area contributed by atoms with Crippen LogP contribution in [0.2, 0.25) is 0 Å². The summed E-state index contributed by atoms with van der Waals surface area (Å²) in [6, 6.07) is 7.41. The fourth-order valence-electron chi connectivity index (χ4n) is 2.95. The van der Waals surface area contributed by atoms with Gasteiger partial charge in [0.05, 0.1) is 0 Å². The molecule has 1 N–H and O–H groups in total. The molecule has 5 nitrogen and oxygen atoms in total. The number of fused-ring (bicyclic) bond motifs is 1. The van der Waals surface area contributed by atoms with Crippen molar-refractivity contribution in [2.24, 2.45) is 5.92 Å². The third kappa shape index (κ3) is 3.15. The second-order valence-electron chi connectivity index (χ2n) is 5.87. The summed E-state index contributed by atoms with van der Waals surface area (Å²) in [5.74, 6) is 0.897. The molecule has 1 unspecified atom stereocenters. The third-order valence-electron chi connectivity index (χ3n) is 4.24. The highest BCUT2D eigenvalue weighted by atomic mass is 16.6. The van der Waals surface area contributed by atoms with Crippen LogP contribution >= 0.6 is 0 Å². The fourth-order valence-corrected chi connectivity index (χ4v) is 2.95. The molecular weight excluding hydrogens is 282 g/mol. The normalized spacial score (nSPS) is 21.2. The molecule has 0 spiro atoms. The van der Waals surface area contributed by atoms with Crippen molar-refractivity contribution in [2.75, 3.05) is 26.8 Å². The highest BCUT2D eigenvalue weighted by Gasteiger charge is 2.26. The lowest BCUT2D eigenvalue weighted by Crippen LogP contribution is -2.34. The average molecular weight is 303 g/mol. The highest BCUT2D eigenvalue weighted by Crippen LogP contribution is 2.35. The van der Waals surface area contributed by atoms with Gasteiger partial charge in [-0.25, -0.2) is 4.79 Å². The first-order valence-corrected chi connectivity index (χ1v) is 7.65. The van der Waals surface area contributed by atoms with E-state index in [1.165, 1.54) is 0 Å². The SMILES string of the molecule is CN(CC1CCOCC1)C(=O)OC1=CC(O)c2ccccc21. The van der Waals surface area contributed by atoms with E-state index in [4.69, 9.17) is 9.47 Å². The van der Waals surface area contributed by atoms with Crippen molar-refractivity contribution >= 4 is 11.9 Å². The molecule has 2 aliphatic rings.